The molecule has 8 nitrogen and oxygen atoms in total. The van der Waals surface area contributed by atoms with Crippen molar-refractivity contribution < 1.29 is 22.7 Å². The quantitative estimate of drug-likeness (QED) is 0.579. The molecule has 2 fully saturated rings. The highest BCUT2D eigenvalue weighted by molar-refractivity contribution is 7.89. The molecule has 1 N–H and O–H groups in total. The van der Waals surface area contributed by atoms with Gasteiger partial charge >= 0.3 is 0 Å². The average molecular weight is 454 g/mol. The Kier molecular flexibility index (Phi) is 8.71. The zero-order valence-corrected chi connectivity index (χ0v) is 19.5. The van der Waals surface area contributed by atoms with Crippen LogP contribution >= 0.6 is 0 Å². The lowest BCUT2D eigenvalue weighted by molar-refractivity contribution is -0.126. The maximum atomic E-state index is 13.2. The topological polar surface area (TPSA) is 88.2 Å². The summed E-state index contributed by atoms with van der Waals surface area (Å²) in [6.45, 7) is 7.94. The van der Waals surface area contributed by atoms with Gasteiger partial charge in [0.25, 0.3) is 5.91 Å². The Morgan fingerprint density at radius 1 is 1.16 bits per heavy atom. The highest BCUT2D eigenvalue weighted by atomic mass is 32.2. The number of anilines is 2. The lowest BCUT2D eigenvalue weighted by Gasteiger charge is -2.31. The smallest absolute Gasteiger partial charge is 0.253 e. The fraction of sp³-hybridized carbons (Fsp3) is 0.682. The minimum atomic E-state index is -3.60. The normalized spacial score (nSPS) is 19.2. The van der Waals surface area contributed by atoms with E-state index >= 15 is 0 Å². The van der Waals surface area contributed by atoms with Crippen LogP contribution in [0.2, 0.25) is 0 Å². The number of carbonyl (C=O) groups excluding carboxylic acids is 1. The zero-order chi connectivity index (χ0) is 22.3. The Bertz CT molecular complexity index is 834. The van der Waals surface area contributed by atoms with Gasteiger partial charge in [-0.3, -0.25) is 4.79 Å². The van der Waals surface area contributed by atoms with Gasteiger partial charge in [-0.1, -0.05) is 19.8 Å². The van der Waals surface area contributed by atoms with Crippen LogP contribution in [0, 0.1) is 0 Å². The number of morpholine rings is 1. The van der Waals surface area contributed by atoms with Crippen molar-refractivity contribution in [2.24, 2.45) is 0 Å². The molecule has 0 bridgehead atoms. The molecule has 9 heteroatoms. The number of nitrogens with one attached hydrogen (secondary N) is 1. The maximum Gasteiger partial charge on any atom is 0.253 e. The van der Waals surface area contributed by atoms with E-state index in [0.29, 0.717) is 51.7 Å². The van der Waals surface area contributed by atoms with E-state index in [9.17, 15) is 13.2 Å². The van der Waals surface area contributed by atoms with E-state index in [-0.39, 0.29) is 10.8 Å². The molecule has 31 heavy (non-hydrogen) atoms. The molecule has 0 saturated carbocycles. The predicted octanol–water partition coefficient (Wildman–Crippen LogP) is 2.84. The minimum absolute atomic E-state index is 0.210. The van der Waals surface area contributed by atoms with Gasteiger partial charge in [0, 0.05) is 32.8 Å². The number of carbonyl (C=O) groups is 1. The molecule has 1 aromatic rings. The molecule has 2 aliphatic rings. The molecule has 1 aromatic carbocycles. The van der Waals surface area contributed by atoms with Crippen LogP contribution in [-0.4, -0.2) is 70.7 Å². The van der Waals surface area contributed by atoms with Crippen LogP contribution in [0.5, 0.6) is 0 Å². The van der Waals surface area contributed by atoms with Crippen LogP contribution in [0.4, 0.5) is 11.4 Å². The molecule has 1 unspecified atom stereocenters. The first-order valence-electron chi connectivity index (χ1n) is 11.3. The van der Waals surface area contributed by atoms with E-state index in [1.165, 1.54) is 0 Å². The van der Waals surface area contributed by atoms with Crippen molar-refractivity contribution in [2.45, 2.75) is 57.0 Å². The van der Waals surface area contributed by atoms with Crippen LogP contribution in [-0.2, 0) is 24.3 Å². The van der Waals surface area contributed by atoms with Gasteiger partial charge in [0.15, 0.2) is 0 Å². The Morgan fingerprint density at radius 3 is 2.55 bits per heavy atom. The minimum Gasteiger partial charge on any atom is -0.378 e. The summed E-state index contributed by atoms with van der Waals surface area (Å²) >= 11 is 0. The van der Waals surface area contributed by atoms with Crippen molar-refractivity contribution in [1.82, 2.24) is 4.31 Å². The fourth-order valence-electron chi connectivity index (χ4n) is 3.82. The van der Waals surface area contributed by atoms with Gasteiger partial charge in [-0.2, -0.15) is 4.31 Å². The number of nitrogens with zero attached hydrogens (tertiary/aromatic N) is 2. The van der Waals surface area contributed by atoms with Crippen LogP contribution in [0.3, 0.4) is 0 Å². The molecule has 0 spiro atoms. The highest BCUT2D eigenvalue weighted by Gasteiger charge is 2.28. The molecular formula is C22H35N3O5S. The molecule has 2 saturated heterocycles. The van der Waals surface area contributed by atoms with Gasteiger partial charge in [-0.25, -0.2) is 8.42 Å². The lowest BCUT2D eigenvalue weighted by Crippen LogP contribution is -2.38. The molecule has 2 heterocycles. The summed E-state index contributed by atoms with van der Waals surface area (Å²) in [6, 6.07) is 5.03. The molecule has 1 atom stereocenters. The number of rotatable bonds is 9. The number of benzene rings is 1. The summed E-state index contributed by atoms with van der Waals surface area (Å²) in [5.74, 6) is -0.280. The number of hydrogen-bond donors (Lipinski definition) is 1. The third kappa shape index (κ3) is 6.19. The van der Waals surface area contributed by atoms with E-state index in [1.807, 2.05) is 0 Å². The second-order valence-corrected chi connectivity index (χ2v) is 10.0. The largest absolute Gasteiger partial charge is 0.378 e. The van der Waals surface area contributed by atoms with Gasteiger partial charge in [-0.15, -0.1) is 0 Å². The maximum absolute atomic E-state index is 13.2. The molecule has 174 valence electrons. The van der Waals surface area contributed by atoms with Gasteiger partial charge in [-0.05, 0) is 44.4 Å². The Morgan fingerprint density at radius 2 is 1.87 bits per heavy atom. The van der Waals surface area contributed by atoms with E-state index in [4.69, 9.17) is 9.47 Å². The predicted molar refractivity (Wildman–Crippen MR) is 121 cm³/mol. The van der Waals surface area contributed by atoms with Crippen molar-refractivity contribution in [3.05, 3.63) is 18.2 Å². The molecular weight excluding hydrogens is 418 g/mol. The summed E-state index contributed by atoms with van der Waals surface area (Å²) < 4.78 is 39.0. The van der Waals surface area contributed by atoms with Crippen LogP contribution < -0.4 is 10.2 Å². The third-order valence-electron chi connectivity index (χ3n) is 5.77. The first-order chi connectivity index (χ1) is 14.9. The number of sulfonamides is 1. The van der Waals surface area contributed by atoms with Crippen molar-refractivity contribution >= 4 is 27.3 Å². The van der Waals surface area contributed by atoms with E-state index in [1.54, 1.807) is 29.4 Å². The molecule has 1 amide bonds. The lowest BCUT2D eigenvalue weighted by atomic mass is 10.2. The van der Waals surface area contributed by atoms with Crippen molar-refractivity contribution in [2.75, 3.05) is 56.2 Å². The van der Waals surface area contributed by atoms with Gasteiger partial charge in [0.2, 0.25) is 10.0 Å². The first-order valence-corrected chi connectivity index (χ1v) is 12.8. The molecule has 0 radical (unpaired) electrons. The molecule has 0 aromatic heterocycles. The van der Waals surface area contributed by atoms with E-state index in [2.05, 4.69) is 17.1 Å². The summed E-state index contributed by atoms with van der Waals surface area (Å²) in [4.78, 5) is 15.1. The Balaban J connectivity index is 1.85. The van der Waals surface area contributed by atoms with Gasteiger partial charge in [0.05, 0.1) is 29.5 Å². The SMILES string of the molecule is CCCCOC(C)C(=O)Nc1cc(S(=O)(=O)N2CCCCC2)ccc1N1CCOCC1. The summed E-state index contributed by atoms with van der Waals surface area (Å²) in [5.41, 5.74) is 1.30. The summed E-state index contributed by atoms with van der Waals surface area (Å²) in [6.07, 6.45) is 4.07. The van der Waals surface area contributed by atoms with Gasteiger partial charge < -0.3 is 19.7 Å². The van der Waals surface area contributed by atoms with E-state index < -0.39 is 16.1 Å². The highest BCUT2D eigenvalue weighted by Crippen LogP contribution is 2.32. The fourth-order valence-corrected chi connectivity index (χ4v) is 5.37. The number of piperidine rings is 1. The van der Waals surface area contributed by atoms with Gasteiger partial charge in [0.1, 0.15) is 6.10 Å². The van der Waals surface area contributed by atoms with Crippen LogP contribution in [0.1, 0.15) is 46.0 Å². The second kappa shape index (κ2) is 11.3. The number of amides is 1. The standard InChI is InChI=1S/C22H35N3O5S/c1-3-4-14-30-18(2)22(26)23-20-17-19(31(27,28)25-10-6-5-7-11-25)8-9-21(20)24-12-15-29-16-13-24/h8-9,17-18H,3-7,10-16H2,1-2H3,(H,23,26). The third-order valence-corrected chi connectivity index (χ3v) is 7.66. The summed E-state index contributed by atoms with van der Waals surface area (Å²) in [5, 5.41) is 2.92. The molecule has 3 rings (SSSR count). The van der Waals surface area contributed by atoms with Crippen LogP contribution in [0.15, 0.2) is 23.1 Å². The number of ether oxygens (including phenoxy) is 2. The number of hydrogen-bond acceptors (Lipinski definition) is 6. The second-order valence-electron chi connectivity index (χ2n) is 8.10. The average Bonchev–Trinajstić information content (AvgIpc) is 2.80. The van der Waals surface area contributed by atoms with E-state index in [0.717, 1.165) is 37.8 Å². The van der Waals surface area contributed by atoms with Crippen molar-refractivity contribution in [3.8, 4) is 0 Å². The van der Waals surface area contributed by atoms with Crippen molar-refractivity contribution in [1.29, 1.82) is 0 Å². The summed E-state index contributed by atoms with van der Waals surface area (Å²) in [7, 11) is -3.60. The molecule has 0 aliphatic carbocycles. The van der Waals surface area contributed by atoms with Crippen molar-refractivity contribution in [3.63, 3.8) is 0 Å². The number of unbranched alkanes of at least 4 members (excludes halogenated alkanes) is 1. The first kappa shape index (κ1) is 24.0. The monoisotopic (exact) mass is 453 g/mol. The van der Waals surface area contributed by atoms with Crippen LogP contribution in [0.25, 0.3) is 0 Å². The zero-order valence-electron chi connectivity index (χ0n) is 18.6. The molecule has 2 aliphatic heterocycles. The Hall–Kier alpha value is -1.68. The Labute approximate surface area is 185 Å².